The van der Waals surface area contributed by atoms with Crippen molar-refractivity contribution in [1.82, 2.24) is 0 Å². The molecule has 15 heavy (non-hydrogen) atoms. The number of ether oxygens (including phenoxy) is 1. The molecule has 1 N–H and O–H groups in total. The fraction of sp³-hybridized carbons (Fsp3) is 0.417. The van der Waals surface area contributed by atoms with E-state index in [2.05, 4.69) is 11.4 Å². The number of fused-ring (bicyclic) bond motifs is 3. The number of benzene rings is 1. The lowest BCUT2D eigenvalue weighted by Crippen LogP contribution is -2.30. The molecule has 1 aromatic rings. The van der Waals surface area contributed by atoms with E-state index in [-0.39, 0.29) is 0 Å². The molecular formula is C12H12N2O. The summed E-state index contributed by atoms with van der Waals surface area (Å²) >= 11 is 0. The summed E-state index contributed by atoms with van der Waals surface area (Å²) in [6.07, 6.45) is 1.06. The van der Waals surface area contributed by atoms with Crippen LogP contribution in [-0.2, 0) is 4.74 Å². The van der Waals surface area contributed by atoms with Gasteiger partial charge in [-0.05, 0) is 30.2 Å². The topological polar surface area (TPSA) is 45.0 Å². The Labute approximate surface area is 88.7 Å². The molecule has 0 amide bonds. The van der Waals surface area contributed by atoms with Gasteiger partial charge in [0.05, 0.1) is 18.2 Å². The highest BCUT2D eigenvalue weighted by atomic mass is 16.5. The molecule has 0 aromatic heterocycles. The molecule has 0 saturated carbocycles. The van der Waals surface area contributed by atoms with Crippen molar-refractivity contribution in [1.29, 1.82) is 5.26 Å². The average Bonchev–Trinajstić information content (AvgIpc) is 2.66. The first kappa shape index (κ1) is 8.75. The average molecular weight is 200 g/mol. The molecule has 3 nitrogen and oxygen atoms in total. The first-order chi connectivity index (χ1) is 7.38. The fourth-order valence-electron chi connectivity index (χ4n) is 2.49. The Balaban J connectivity index is 2.02. The van der Waals surface area contributed by atoms with E-state index in [0.29, 0.717) is 12.0 Å². The third kappa shape index (κ3) is 1.30. The van der Waals surface area contributed by atoms with Crippen LogP contribution in [0.25, 0.3) is 0 Å². The molecule has 0 aliphatic carbocycles. The van der Waals surface area contributed by atoms with Crippen LogP contribution in [-0.4, -0.2) is 19.3 Å². The van der Waals surface area contributed by atoms with Crippen LogP contribution in [0.2, 0.25) is 0 Å². The summed E-state index contributed by atoms with van der Waals surface area (Å²) in [5.74, 6) is 0.432. The highest BCUT2D eigenvalue weighted by Crippen LogP contribution is 2.39. The minimum absolute atomic E-state index is 0.432. The van der Waals surface area contributed by atoms with Crippen LogP contribution in [0.3, 0.4) is 0 Å². The van der Waals surface area contributed by atoms with Crippen molar-refractivity contribution in [3.63, 3.8) is 0 Å². The monoisotopic (exact) mass is 200 g/mol. The van der Waals surface area contributed by atoms with Crippen LogP contribution in [0.4, 0.5) is 5.69 Å². The first-order valence-electron chi connectivity index (χ1n) is 5.27. The number of rotatable bonds is 0. The van der Waals surface area contributed by atoms with Crippen molar-refractivity contribution in [2.45, 2.75) is 18.4 Å². The maximum atomic E-state index is 8.86. The molecule has 3 heteroatoms. The Kier molecular flexibility index (Phi) is 1.90. The van der Waals surface area contributed by atoms with E-state index in [9.17, 15) is 0 Å². The molecule has 0 bridgehead atoms. The largest absolute Gasteiger partial charge is 0.381 e. The van der Waals surface area contributed by atoms with Crippen molar-refractivity contribution in [3.8, 4) is 6.07 Å². The lowest BCUT2D eigenvalue weighted by molar-refractivity contribution is 0.0769. The molecule has 2 aliphatic rings. The van der Waals surface area contributed by atoms with Crippen LogP contribution in [0.1, 0.15) is 23.5 Å². The van der Waals surface area contributed by atoms with Gasteiger partial charge < -0.3 is 10.1 Å². The second-order valence-electron chi connectivity index (χ2n) is 4.13. The normalized spacial score (nSPS) is 27.4. The number of nitrogens with zero attached hydrogens (tertiary/aromatic N) is 1. The van der Waals surface area contributed by atoms with Gasteiger partial charge in [0.1, 0.15) is 0 Å². The van der Waals surface area contributed by atoms with E-state index >= 15 is 0 Å². The Bertz CT molecular complexity index is 436. The molecule has 1 saturated heterocycles. The van der Waals surface area contributed by atoms with Gasteiger partial charge in [0.2, 0.25) is 0 Å². The number of nitrogens with one attached hydrogen (secondary N) is 1. The van der Waals surface area contributed by atoms with Gasteiger partial charge in [-0.3, -0.25) is 0 Å². The lowest BCUT2D eigenvalue weighted by atomic mass is 9.92. The Morgan fingerprint density at radius 1 is 1.47 bits per heavy atom. The van der Waals surface area contributed by atoms with E-state index < -0.39 is 0 Å². The second-order valence-corrected chi connectivity index (χ2v) is 4.13. The third-order valence-electron chi connectivity index (χ3n) is 3.28. The van der Waals surface area contributed by atoms with Crippen LogP contribution in [0, 0.1) is 11.3 Å². The summed E-state index contributed by atoms with van der Waals surface area (Å²) in [5, 5.41) is 12.4. The summed E-state index contributed by atoms with van der Waals surface area (Å²) in [6.45, 7) is 1.62. The molecule has 2 aliphatic heterocycles. The minimum atomic E-state index is 0.432. The number of anilines is 1. The Morgan fingerprint density at radius 3 is 3.27 bits per heavy atom. The maximum absolute atomic E-state index is 8.86. The fourth-order valence-corrected chi connectivity index (χ4v) is 2.49. The SMILES string of the molecule is N#Cc1ccc2c(c1)C1COCCC1N2. The van der Waals surface area contributed by atoms with Gasteiger partial charge in [-0.1, -0.05) is 0 Å². The summed E-state index contributed by atoms with van der Waals surface area (Å²) < 4.78 is 5.49. The molecule has 1 aromatic carbocycles. The molecule has 2 heterocycles. The zero-order valence-electron chi connectivity index (χ0n) is 8.36. The third-order valence-corrected chi connectivity index (χ3v) is 3.28. The van der Waals surface area contributed by atoms with Gasteiger partial charge in [0.25, 0.3) is 0 Å². The molecule has 0 spiro atoms. The second kappa shape index (κ2) is 3.25. The standard InChI is InChI=1S/C12H12N2O/c13-6-8-1-2-11-9(5-8)10-7-15-4-3-12(10)14-11/h1-2,5,10,12,14H,3-4,7H2. The van der Waals surface area contributed by atoms with E-state index in [1.54, 1.807) is 0 Å². The summed E-state index contributed by atoms with van der Waals surface area (Å²) in [7, 11) is 0. The molecule has 3 rings (SSSR count). The van der Waals surface area contributed by atoms with E-state index in [4.69, 9.17) is 10.00 Å². The zero-order valence-corrected chi connectivity index (χ0v) is 8.36. The highest BCUT2D eigenvalue weighted by Gasteiger charge is 2.34. The lowest BCUT2D eigenvalue weighted by Gasteiger charge is -2.25. The first-order valence-corrected chi connectivity index (χ1v) is 5.27. The Hall–Kier alpha value is -1.53. The van der Waals surface area contributed by atoms with Gasteiger partial charge in [-0.15, -0.1) is 0 Å². The van der Waals surface area contributed by atoms with Crippen molar-refractivity contribution in [2.24, 2.45) is 0 Å². The molecule has 0 radical (unpaired) electrons. The zero-order chi connectivity index (χ0) is 10.3. The highest BCUT2D eigenvalue weighted by molar-refractivity contribution is 5.62. The van der Waals surface area contributed by atoms with Crippen LogP contribution in [0.5, 0.6) is 0 Å². The summed E-state index contributed by atoms with van der Waals surface area (Å²) in [6, 6.07) is 8.55. The van der Waals surface area contributed by atoms with Crippen molar-refractivity contribution in [3.05, 3.63) is 29.3 Å². The predicted molar refractivity (Wildman–Crippen MR) is 56.7 cm³/mol. The molecular weight excluding hydrogens is 188 g/mol. The van der Waals surface area contributed by atoms with E-state index in [1.165, 1.54) is 11.3 Å². The minimum Gasteiger partial charge on any atom is -0.381 e. The molecule has 2 atom stereocenters. The van der Waals surface area contributed by atoms with Crippen LogP contribution in [0.15, 0.2) is 18.2 Å². The molecule has 2 unspecified atom stereocenters. The number of nitriles is 1. The van der Waals surface area contributed by atoms with Gasteiger partial charge in [-0.25, -0.2) is 0 Å². The molecule has 1 fully saturated rings. The Morgan fingerprint density at radius 2 is 2.40 bits per heavy atom. The van der Waals surface area contributed by atoms with E-state index in [1.807, 2.05) is 18.2 Å². The summed E-state index contributed by atoms with van der Waals surface area (Å²) in [5.41, 5.74) is 3.16. The van der Waals surface area contributed by atoms with Crippen molar-refractivity contribution >= 4 is 5.69 Å². The number of hydrogen-bond donors (Lipinski definition) is 1. The van der Waals surface area contributed by atoms with Gasteiger partial charge in [0, 0.05) is 24.3 Å². The van der Waals surface area contributed by atoms with Crippen molar-refractivity contribution < 1.29 is 4.74 Å². The predicted octanol–water partition coefficient (Wildman–Crippen LogP) is 1.86. The van der Waals surface area contributed by atoms with Crippen LogP contribution < -0.4 is 5.32 Å². The quantitative estimate of drug-likeness (QED) is 0.695. The van der Waals surface area contributed by atoms with Crippen LogP contribution >= 0.6 is 0 Å². The number of hydrogen-bond acceptors (Lipinski definition) is 3. The maximum Gasteiger partial charge on any atom is 0.0991 e. The van der Waals surface area contributed by atoms with Crippen molar-refractivity contribution in [2.75, 3.05) is 18.5 Å². The smallest absolute Gasteiger partial charge is 0.0991 e. The molecule has 76 valence electrons. The van der Waals surface area contributed by atoms with Gasteiger partial charge in [0.15, 0.2) is 0 Å². The van der Waals surface area contributed by atoms with Gasteiger partial charge >= 0.3 is 0 Å². The van der Waals surface area contributed by atoms with Gasteiger partial charge in [-0.2, -0.15) is 5.26 Å². The summed E-state index contributed by atoms with van der Waals surface area (Å²) in [4.78, 5) is 0. The van der Waals surface area contributed by atoms with E-state index in [0.717, 1.165) is 25.2 Å².